The van der Waals surface area contributed by atoms with Gasteiger partial charge in [-0.1, -0.05) is 6.92 Å². The van der Waals surface area contributed by atoms with Crippen LogP contribution in [0.1, 0.15) is 25.8 Å². The summed E-state index contributed by atoms with van der Waals surface area (Å²) >= 11 is 0. The summed E-state index contributed by atoms with van der Waals surface area (Å²) in [6.07, 6.45) is 1.59. The van der Waals surface area contributed by atoms with Gasteiger partial charge in [-0.3, -0.25) is 0 Å². The maximum absolute atomic E-state index is 10.3. The molecular weight excluding hydrogens is 202 g/mol. The minimum Gasteiger partial charge on any atom is -0.497 e. The first-order chi connectivity index (χ1) is 7.56. The van der Waals surface area contributed by atoms with Crippen molar-refractivity contribution in [2.24, 2.45) is 0 Å². The molecule has 2 unspecified atom stereocenters. The van der Waals surface area contributed by atoms with E-state index in [9.17, 15) is 5.11 Å². The molecule has 1 aromatic carbocycles. The van der Waals surface area contributed by atoms with E-state index >= 15 is 0 Å². The Balaban J connectivity index is 2.35. The maximum Gasteiger partial charge on any atom is 0.119 e. The molecule has 16 heavy (non-hydrogen) atoms. The number of hydrogen-bond acceptors (Lipinski definition) is 3. The zero-order valence-corrected chi connectivity index (χ0v) is 10.1. The highest BCUT2D eigenvalue weighted by Crippen LogP contribution is 2.34. The van der Waals surface area contributed by atoms with Crippen LogP contribution in [0.5, 0.6) is 5.75 Å². The summed E-state index contributed by atoms with van der Waals surface area (Å²) in [5.74, 6) is 0.839. The molecule has 0 amide bonds. The second-order valence-corrected chi connectivity index (χ2v) is 4.66. The smallest absolute Gasteiger partial charge is 0.119 e. The predicted octanol–water partition coefficient (Wildman–Crippen LogP) is 2.19. The highest BCUT2D eigenvalue weighted by Gasteiger charge is 2.35. The van der Waals surface area contributed by atoms with Gasteiger partial charge in [0.25, 0.3) is 0 Å². The summed E-state index contributed by atoms with van der Waals surface area (Å²) in [7, 11) is 1.66. The van der Waals surface area contributed by atoms with Gasteiger partial charge >= 0.3 is 0 Å². The molecule has 0 bridgehead atoms. The Morgan fingerprint density at radius 3 is 2.94 bits per heavy atom. The summed E-state index contributed by atoms with van der Waals surface area (Å²) in [5.41, 5.74) is 1.54. The van der Waals surface area contributed by atoms with Crippen LogP contribution in [-0.2, 0) is 6.42 Å². The normalized spacial score (nSPS) is 28.1. The quantitative estimate of drug-likeness (QED) is 0.804. The fourth-order valence-corrected chi connectivity index (χ4v) is 2.38. The number of methoxy groups -OCH3 is 1. The first kappa shape index (κ1) is 11.3. The molecule has 1 aromatic rings. The summed E-state index contributed by atoms with van der Waals surface area (Å²) in [5, 5.41) is 13.7. The largest absolute Gasteiger partial charge is 0.497 e. The second-order valence-electron chi connectivity index (χ2n) is 4.66. The summed E-state index contributed by atoms with van der Waals surface area (Å²) < 4.78 is 5.19. The van der Waals surface area contributed by atoms with Gasteiger partial charge in [0.1, 0.15) is 5.75 Å². The van der Waals surface area contributed by atoms with E-state index in [0.717, 1.165) is 23.4 Å². The average molecular weight is 221 g/mol. The van der Waals surface area contributed by atoms with Gasteiger partial charge in [0.15, 0.2) is 0 Å². The van der Waals surface area contributed by atoms with Crippen molar-refractivity contribution >= 4 is 5.69 Å². The van der Waals surface area contributed by atoms with E-state index in [1.54, 1.807) is 7.11 Å². The first-order valence-corrected chi connectivity index (χ1v) is 5.72. The molecule has 2 atom stereocenters. The van der Waals surface area contributed by atoms with Gasteiger partial charge in [0.05, 0.1) is 18.8 Å². The van der Waals surface area contributed by atoms with Crippen LogP contribution < -0.4 is 10.1 Å². The van der Waals surface area contributed by atoms with E-state index in [4.69, 9.17) is 4.74 Å². The lowest BCUT2D eigenvalue weighted by molar-refractivity contribution is 0.0350. The van der Waals surface area contributed by atoms with Gasteiger partial charge in [0, 0.05) is 12.1 Å². The molecule has 3 nitrogen and oxygen atoms in total. The van der Waals surface area contributed by atoms with Crippen LogP contribution in [0.2, 0.25) is 0 Å². The van der Waals surface area contributed by atoms with Crippen LogP contribution in [0.4, 0.5) is 5.69 Å². The van der Waals surface area contributed by atoms with Crippen LogP contribution in [0.25, 0.3) is 0 Å². The topological polar surface area (TPSA) is 41.5 Å². The number of benzene rings is 1. The van der Waals surface area contributed by atoms with Gasteiger partial charge in [-0.25, -0.2) is 0 Å². The molecule has 2 N–H and O–H groups in total. The van der Waals surface area contributed by atoms with Crippen molar-refractivity contribution in [2.45, 2.75) is 38.3 Å². The molecule has 1 aliphatic rings. The average Bonchev–Trinajstić information content (AvgIpc) is 2.26. The Labute approximate surface area is 96.4 Å². The Morgan fingerprint density at radius 2 is 2.31 bits per heavy atom. The van der Waals surface area contributed by atoms with E-state index in [1.807, 2.05) is 25.1 Å². The molecule has 3 heteroatoms. The van der Waals surface area contributed by atoms with Gasteiger partial charge in [0.2, 0.25) is 0 Å². The number of ether oxygens (including phenoxy) is 1. The van der Waals surface area contributed by atoms with E-state index in [-0.39, 0.29) is 6.04 Å². The van der Waals surface area contributed by atoms with Crippen LogP contribution >= 0.6 is 0 Å². The molecule has 88 valence electrons. The molecular formula is C13H19NO2. The molecule has 1 heterocycles. The molecule has 0 aromatic heterocycles. The molecule has 0 aliphatic carbocycles. The third-order valence-corrected chi connectivity index (χ3v) is 3.35. The SMILES string of the molecule is CCC1Nc2ccc(OC)cc2CC1(C)O. The Hall–Kier alpha value is -1.22. The number of anilines is 1. The van der Waals surface area contributed by atoms with Crippen molar-refractivity contribution in [2.75, 3.05) is 12.4 Å². The number of rotatable bonds is 2. The first-order valence-electron chi connectivity index (χ1n) is 5.72. The second kappa shape index (κ2) is 3.98. The maximum atomic E-state index is 10.3. The number of aliphatic hydroxyl groups is 1. The van der Waals surface area contributed by atoms with Gasteiger partial charge in [-0.05, 0) is 37.1 Å². The molecule has 2 rings (SSSR count). The van der Waals surface area contributed by atoms with Crippen molar-refractivity contribution in [1.82, 2.24) is 0 Å². The van der Waals surface area contributed by atoms with Crippen LogP contribution in [-0.4, -0.2) is 23.9 Å². The Morgan fingerprint density at radius 1 is 1.56 bits per heavy atom. The van der Waals surface area contributed by atoms with Crippen molar-refractivity contribution in [3.05, 3.63) is 23.8 Å². The molecule has 1 aliphatic heterocycles. The van der Waals surface area contributed by atoms with Crippen molar-refractivity contribution in [3.8, 4) is 5.75 Å². The van der Waals surface area contributed by atoms with Crippen molar-refractivity contribution in [1.29, 1.82) is 0 Å². The third-order valence-electron chi connectivity index (χ3n) is 3.35. The van der Waals surface area contributed by atoms with Gasteiger partial charge in [-0.2, -0.15) is 0 Å². The molecule has 0 saturated carbocycles. The zero-order chi connectivity index (χ0) is 11.8. The molecule has 0 saturated heterocycles. The van der Waals surface area contributed by atoms with Crippen LogP contribution in [0.3, 0.4) is 0 Å². The van der Waals surface area contributed by atoms with E-state index in [1.165, 1.54) is 0 Å². The summed E-state index contributed by atoms with van der Waals surface area (Å²) in [6.45, 7) is 3.97. The zero-order valence-electron chi connectivity index (χ0n) is 10.1. The minimum atomic E-state index is -0.686. The van der Waals surface area contributed by atoms with Crippen molar-refractivity contribution in [3.63, 3.8) is 0 Å². The summed E-state index contributed by atoms with van der Waals surface area (Å²) in [6, 6.07) is 6.07. The monoisotopic (exact) mass is 221 g/mol. The highest BCUT2D eigenvalue weighted by molar-refractivity contribution is 5.58. The number of nitrogens with one attached hydrogen (secondary N) is 1. The van der Waals surface area contributed by atoms with Gasteiger partial charge in [-0.15, -0.1) is 0 Å². The van der Waals surface area contributed by atoms with Crippen LogP contribution in [0.15, 0.2) is 18.2 Å². The fourth-order valence-electron chi connectivity index (χ4n) is 2.38. The lowest BCUT2D eigenvalue weighted by Crippen LogP contribution is -2.48. The Bertz CT molecular complexity index is 388. The number of hydrogen-bond donors (Lipinski definition) is 2. The van der Waals surface area contributed by atoms with E-state index in [0.29, 0.717) is 6.42 Å². The standard InChI is InChI=1S/C13H19NO2/c1-4-12-13(2,15)8-9-7-10(16-3)5-6-11(9)14-12/h5-7,12,14-15H,4,8H2,1-3H3. The van der Waals surface area contributed by atoms with Gasteiger partial charge < -0.3 is 15.2 Å². The van der Waals surface area contributed by atoms with E-state index in [2.05, 4.69) is 12.2 Å². The predicted molar refractivity (Wildman–Crippen MR) is 65.0 cm³/mol. The minimum absolute atomic E-state index is 0.119. The molecule has 0 radical (unpaired) electrons. The molecule has 0 fully saturated rings. The number of fused-ring (bicyclic) bond motifs is 1. The van der Waals surface area contributed by atoms with Crippen LogP contribution in [0, 0.1) is 0 Å². The molecule has 0 spiro atoms. The third kappa shape index (κ3) is 1.87. The van der Waals surface area contributed by atoms with E-state index < -0.39 is 5.60 Å². The van der Waals surface area contributed by atoms with Crippen molar-refractivity contribution < 1.29 is 9.84 Å². The fraction of sp³-hybridized carbons (Fsp3) is 0.538. The summed E-state index contributed by atoms with van der Waals surface area (Å²) in [4.78, 5) is 0. The Kier molecular flexibility index (Phi) is 2.80. The highest BCUT2D eigenvalue weighted by atomic mass is 16.5. The lowest BCUT2D eigenvalue weighted by Gasteiger charge is -2.39. The lowest BCUT2D eigenvalue weighted by atomic mass is 9.83.